The number of rotatable bonds is 5. The van der Waals surface area contributed by atoms with Crippen molar-refractivity contribution >= 4 is 34.7 Å². The molecule has 0 aliphatic carbocycles. The molecule has 1 saturated heterocycles. The number of benzene rings is 1. The van der Waals surface area contributed by atoms with Gasteiger partial charge in [-0.1, -0.05) is 18.5 Å². The number of nitrogens with one attached hydrogen (secondary N) is 1. The highest BCUT2D eigenvalue weighted by molar-refractivity contribution is 6.30. The number of anilines is 3. The molecule has 1 aliphatic heterocycles. The Morgan fingerprint density at radius 3 is 2.47 bits per heavy atom. The first kappa shape index (κ1) is 22.1. The number of hydrogen-bond acceptors (Lipinski definition) is 6. The van der Waals surface area contributed by atoms with Gasteiger partial charge in [-0.2, -0.15) is 13.2 Å². The fourth-order valence-corrected chi connectivity index (χ4v) is 3.49. The second-order valence-corrected chi connectivity index (χ2v) is 7.38. The second kappa shape index (κ2) is 8.65. The van der Waals surface area contributed by atoms with Gasteiger partial charge in [-0.15, -0.1) is 0 Å². The van der Waals surface area contributed by atoms with Gasteiger partial charge in [-0.05, 0) is 31.7 Å². The summed E-state index contributed by atoms with van der Waals surface area (Å²) in [6.07, 6.45) is -4.14. The first-order chi connectivity index (χ1) is 14.1. The molecule has 0 atom stereocenters. The van der Waals surface area contributed by atoms with Crippen LogP contribution in [0.15, 0.2) is 18.2 Å². The quantitative estimate of drug-likeness (QED) is 0.738. The average Bonchev–Trinajstić information content (AvgIpc) is 2.68. The van der Waals surface area contributed by atoms with Gasteiger partial charge in [0, 0.05) is 37.6 Å². The zero-order valence-electron chi connectivity index (χ0n) is 16.6. The summed E-state index contributed by atoms with van der Waals surface area (Å²) in [5.74, 6) is -0.952. The summed E-state index contributed by atoms with van der Waals surface area (Å²) in [5.41, 5.74) is 4.98. The maximum atomic E-state index is 13.8. The second-order valence-electron chi connectivity index (χ2n) is 7.02. The minimum absolute atomic E-state index is 0.0510. The van der Waals surface area contributed by atoms with Crippen LogP contribution >= 0.6 is 11.6 Å². The lowest BCUT2D eigenvalue weighted by Crippen LogP contribution is -2.45. The summed E-state index contributed by atoms with van der Waals surface area (Å²) in [6.45, 7) is 4.13. The van der Waals surface area contributed by atoms with Gasteiger partial charge in [-0.25, -0.2) is 9.97 Å². The zero-order chi connectivity index (χ0) is 22.1. The summed E-state index contributed by atoms with van der Waals surface area (Å²) in [4.78, 5) is 23.7. The molecule has 0 saturated carbocycles. The number of carbonyl (C=O) groups excluding carboxylic acids is 1. The van der Waals surface area contributed by atoms with Crippen LogP contribution in [0.2, 0.25) is 5.15 Å². The third kappa shape index (κ3) is 4.76. The summed E-state index contributed by atoms with van der Waals surface area (Å²) >= 11 is 6.06. The number of amides is 1. The van der Waals surface area contributed by atoms with Crippen LogP contribution in [0.3, 0.4) is 0 Å². The Bertz CT molecular complexity index is 945. The minimum Gasteiger partial charge on any atom is -0.368 e. The van der Waals surface area contributed by atoms with E-state index in [1.165, 1.54) is 12.1 Å². The Kier molecular flexibility index (Phi) is 6.37. The van der Waals surface area contributed by atoms with Crippen molar-refractivity contribution in [2.24, 2.45) is 5.73 Å². The van der Waals surface area contributed by atoms with Crippen LogP contribution in [0, 0.1) is 0 Å². The molecule has 0 spiro atoms. The maximum absolute atomic E-state index is 13.8. The number of alkyl halides is 3. The Hall–Kier alpha value is -2.59. The lowest BCUT2D eigenvalue weighted by Gasteiger charge is -2.35. The number of primary amides is 1. The fraction of sp³-hybridized carbons (Fsp3) is 0.421. The standard InChI is InChI=1S/C19H22ClF3N6O/c1-3-13-16(20)27-18(15(26-13)17(24)30)25-11-4-5-14(12(10-11)19(21,22)23)29-8-6-28(2)7-9-29/h4-5,10H,3,6-9H2,1-2H3,(H2,24,30)(H,25,27). The highest BCUT2D eigenvalue weighted by Crippen LogP contribution is 2.39. The predicted octanol–water partition coefficient (Wildman–Crippen LogP) is 3.31. The van der Waals surface area contributed by atoms with Crippen LogP contribution in [0.5, 0.6) is 0 Å². The lowest BCUT2D eigenvalue weighted by atomic mass is 10.1. The van der Waals surface area contributed by atoms with Crippen LogP contribution in [0.1, 0.15) is 28.7 Å². The SMILES string of the molecule is CCc1nc(C(N)=O)c(Nc2ccc(N3CCN(C)CC3)c(C(F)(F)F)c2)nc1Cl. The van der Waals surface area contributed by atoms with E-state index in [1.807, 2.05) is 7.05 Å². The molecule has 30 heavy (non-hydrogen) atoms. The number of likely N-dealkylation sites (N-methyl/N-ethyl adjacent to an activating group) is 1. The van der Waals surface area contributed by atoms with Crippen LogP contribution in [0.4, 0.5) is 30.4 Å². The van der Waals surface area contributed by atoms with Crippen molar-refractivity contribution in [3.63, 3.8) is 0 Å². The van der Waals surface area contributed by atoms with Gasteiger partial charge in [-0.3, -0.25) is 4.79 Å². The molecule has 1 aromatic heterocycles. The molecular weight excluding hydrogens is 421 g/mol. The number of aryl methyl sites for hydroxylation is 1. The van der Waals surface area contributed by atoms with Crippen molar-refractivity contribution in [3.8, 4) is 0 Å². The number of nitrogens with zero attached hydrogens (tertiary/aromatic N) is 4. The summed E-state index contributed by atoms with van der Waals surface area (Å²) < 4.78 is 41.3. The van der Waals surface area contributed by atoms with Gasteiger partial charge in [0.05, 0.1) is 11.3 Å². The predicted molar refractivity (Wildman–Crippen MR) is 109 cm³/mol. The third-order valence-corrected chi connectivity index (χ3v) is 5.20. The molecule has 2 aromatic rings. The van der Waals surface area contributed by atoms with Crippen molar-refractivity contribution < 1.29 is 18.0 Å². The largest absolute Gasteiger partial charge is 0.418 e. The normalized spacial score (nSPS) is 15.3. The molecular formula is C19H22ClF3N6O. The summed E-state index contributed by atoms with van der Waals surface area (Å²) in [7, 11) is 1.93. The maximum Gasteiger partial charge on any atom is 0.418 e. The van der Waals surface area contributed by atoms with Crippen LogP contribution < -0.4 is 16.0 Å². The molecule has 7 nitrogen and oxygen atoms in total. The molecule has 162 valence electrons. The average molecular weight is 443 g/mol. The first-order valence-electron chi connectivity index (χ1n) is 9.38. The Balaban J connectivity index is 1.98. The van der Waals surface area contributed by atoms with E-state index < -0.39 is 17.6 Å². The molecule has 1 aliphatic rings. The zero-order valence-corrected chi connectivity index (χ0v) is 17.3. The number of hydrogen-bond donors (Lipinski definition) is 2. The highest BCUT2D eigenvalue weighted by atomic mass is 35.5. The van der Waals surface area contributed by atoms with E-state index in [0.717, 1.165) is 6.07 Å². The van der Waals surface area contributed by atoms with Gasteiger partial charge >= 0.3 is 6.18 Å². The Morgan fingerprint density at radius 1 is 1.23 bits per heavy atom. The Morgan fingerprint density at radius 2 is 1.90 bits per heavy atom. The summed E-state index contributed by atoms with van der Waals surface area (Å²) in [6, 6.07) is 3.90. The van der Waals surface area contributed by atoms with Crippen molar-refractivity contribution in [1.82, 2.24) is 14.9 Å². The van der Waals surface area contributed by atoms with E-state index in [1.54, 1.807) is 11.8 Å². The highest BCUT2D eigenvalue weighted by Gasteiger charge is 2.36. The van der Waals surface area contributed by atoms with E-state index in [4.69, 9.17) is 17.3 Å². The third-order valence-electron chi connectivity index (χ3n) is 4.90. The van der Waals surface area contributed by atoms with Crippen molar-refractivity contribution in [1.29, 1.82) is 0 Å². The number of piperazine rings is 1. The number of carbonyl (C=O) groups is 1. The van der Waals surface area contributed by atoms with Gasteiger partial charge < -0.3 is 20.9 Å². The number of halogens is 4. The van der Waals surface area contributed by atoms with E-state index in [0.29, 0.717) is 38.3 Å². The lowest BCUT2D eigenvalue weighted by molar-refractivity contribution is -0.137. The topological polar surface area (TPSA) is 87.4 Å². The fourth-order valence-electron chi connectivity index (χ4n) is 3.23. The van der Waals surface area contributed by atoms with E-state index in [2.05, 4.69) is 20.2 Å². The smallest absolute Gasteiger partial charge is 0.368 e. The molecule has 0 bridgehead atoms. The van der Waals surface area contributed by atoms with Crippen LogP contribution in [-0.2, 0) is 12.6 Å². The van der Waals surface area contributed by atoms with Crippen molar-refractivity contribution in [2.45, 2.75) is 19.5 Å². The van der Waals surface area contributed by atoms with Gasteiger partial charge in [0.1, 0.15) is 0 Å². The van der Waals surface area contributed by atoms with Crippen LogP contribution in [-0.4, -0.2) is 54.0 Å². The van der Waals surface area contributed by atoms with Crippen molar-refractivity contribution in [2.75, 3.05) is 43.4 Å². The minimum atomic E-state index is -4.56. The van der Waals surface area contributed by atoms with E-state index in [-0.39, 0.29) is 28.0 Å². The monoisotopic (exact) mass is 442 g/mol. The van der Waals surface area contributed by atoms with Gasteiger partial charge in [0.2, 0.25) is 0 Å². The van der Waals surface area contributed by atoms with Gasteiger partial charge in [0.15, 0.2) is 16.7 Å². The molecule has 11 heteroatoms. The molecule has 0 unspecified atom stereocenters. The number of aromatic nitrogens is 2. The molecule has 1 fully saturated rings. The Labute approximate surface area is 177 Å². The first-order valence-corrected chi connectivity index (χ1v) is 9.76. The molecule has 1 amide bonds. The van der Waals surface area contributed by atoms with E-state index in [9.17, 15) is 18.0 Å². The van der Waals surface area contributed by atoms with Crippen LogP contribution in [0.25, 0.3) is 0 Å². The summed E-state index contributed by atoms with van der Waals surface area (Å²) in [5, 5.41) is 2.76. The van der Waals surface area contributed by atoms with E-state index >= 15 is 0 Å². The molecule has 3 N–H and O–H groups in total. The molecule has 0 radical (unpaired) electrons. The molecule has 1 aromatic carbocycles. The number of nitrogens with two attached hydrogens (primary N) is 1. The van der Waals surface area contributed by atoms with Crippen molar-refractivity contribution in [3.05, 3.63) is 40.3 Å². The molecule has 2 heterocycles. The molecule has 3 rings (SSSR count). The van der Waals surface area contributed by atoms with Gasteiger partial charge in [0.25, 0.3) is 5.91 Å².